The summed E-state index contributed by atoms with van der Waals surface area (Å²) in [6.45, 7) is 3.20. The van der Waals surface area contributed by atoms with Crippen LogP contribution in [0.4, 0.5) is 0 Å². The predicted molar refractivity (Wildman–Crippen MR) is 86.1 cm³/mol. The zero-order valence-electron chi connectivity index (χ0n) is 13.2. The quantitative estimate of drug-likeness (QED) is 0.605. The van der Waals surface area contributed by atoms with Gasteiger partial charge in [-0.1, -0.05) is 31.0 Å². The molecule has 124 valence electrons. The van der Waals surface area contributed by atoms with Gasteiger partial charge >= 0.3 is 0 Å². The number of rotatable bonds is 4. The van der Waals surface area contributed by atoms with Crippen LogP contribution in [-0.2, 0) is 4.79 Å². The van der Waals surface area contributed by atoms with Gasteiger partial charge in [0.1, 0.15) is 11.2 Å². The van der Waals surface area contributed by atoms with Gasteiger partial charge in [0.05, 0.1) is 11.3 Å². The number of nitrogen functional groups attached to an aromatic ring is 1. The van der Waals surface area contributed by atoms with Crippen LogP contribution < -0.4 is 16.7 Å². The molecule has 0 saturated heterocycles. The molecular weight excluding hydrogens is 316 g/mol. The standard InChI is InChI=1S/C14H20N6O2S/c1-9-12(22)20(16)13(19-18-9)23-10(2)11(21)17-14(8-15)6-4-3-5-7-14/h10H,3-7,16H2,1-2H3,(H,17,21)/t10-/m1/s1. The molecule has 1 heterocycles. The highest BCUT2D eigenvalue weighted by molar-refractivity contribution is 8.00. The van der Waals surface area contributed by atoms with Crippen LogP contribution in [0.15, 0.2) is 9.95 Å². The highest BCUT2D eigenvalue weighted by Gasteiger charge is 2.35. The monoisotopic (exact) mass is 336 g/mol. The van der Waals surface area contributed by atoms with E-state index in [1.54, 1.807) is 6.92 Å². The van der Waals surface area contributed by atoms with Crippen LogP contribution in [0.1, 0.15) is 44.7 Å². The summed E-state index contributed by atoms with van der Waals surface area (Å²) in [5.41, 5.74) is -1.04. The first-order valence-corrected chi connectivity index (χ1v) is 8.38. The van der Waals surface area contributed by atoms with Crippen LogP contribution in [0.5, 0.6) is 0 Å². The van der Waals surface area contributed by atoms with Crippen molar-refractivity contribution in [2.45, 2.75) is 61.9 Å². The normalized spacial score (nSPS) is 18.0. The van der Waals surface area contributed by atoms with Crippen molar-refractivity contribution in [2.75, 3.05) is 5.84 Å². The lowest BCUT2D eigenvalue weighted by atomic mass is 9.83. The van der Waals surface area contributed by atoms with Crippen LogP contribution in [0.2, 0.25) is 0 Å². The fraction of sp³-hybridized carbons (Fsp3) is 0.643. The molecule has 0 radical (unpaired) electrons. The molecule has 23 heavy (non-hydrogen) atoms. The number of nitrogens with zero attached hydrogens (tertiary/aromatic N) is 4. The fourth-order valence-corrected chi connectivity index (χ4v) is 3.29. The van der Waals surface area contributed by atoms with E-state index >= 15 is 0 Å². The van der Waals surface area contributed by atoms with Crippen molar-refractivity contribution in [3.05, 3.63) is 16.0 Å². The SMILES string of the molecule is Cc1nnc(S[C@H](C)C(=O)NC2(C#N)CCCCC2)n(N)c1=O. The molecule has 8 nitrogen and oxygen atoms in total. The van der Waals surface area contributed by atoms with E-state index in [4.69, 9.17) is 5.84 Å². The summed E-state index contributed by atoms with van der Waals surface area (Å²) in [5.74, 6) is 5.39. The molecule has 9 heteroatoms. The van der Waals surface area contributed by atoms with Crippen LogP contribution in [-0.4, -0.2) is 31.6 Å². The number of carbonyl (C=O) groups excluding carboxylic acids is 1. The van der Waals surface area contributed by atoms with Gasteiger partial charge in [0.25, 0.3) is 5.56 Å². The minimum absolute atomic E-state index is 0.165. The van der Waals surface area contributed by atoms with E-state index in [0.29, 0.717) is 12.8 Å². The number of aromatic nitrogens is 3. The Hall–Kier alpha value is -2.08. The molecule has 3 N–H and O–H groups in total. The number of nitrogens with one attached hydrogen (secondary N) is 1. The van der Waals surface area contributed by atoms with Gasteiger partial charge in [0.15, 0.2) is 0 Å². The van der Waals surface area contributed by atoms with Gasteiger partial charge in [-0.3, -0.25) is 9.59 Å². The van der Waals surface area contributed by atoms with Gasteiger partial charge in [0.2, 0.25) is 11.1 Å². The third-order valence-corrected chi connectivity index (χ3v) is 5.01. The highest BCUT2D eigenvalue weighted by Crippen LogP contribution is 2.28. The molecule has 1 aliphatic rings. The Morgan fingerprint density at radius 2 is 2.09 bits per heavy atom. The molecule has 1 aromatic heterocycles. The van der Waals surface area contributed by atoms with Gasteiger partial charge in [-0.15, -0.1) is 10.2 Å². The topological polar surface area (TPSA) is 127 Å². The van der Waals surface area contributed by atoms with Crippen LogP contribution in [0, 0.1) is 18.3 Å². The summed E-state index contributed by atoms with van der Waals surface area (Å²) in [4.78, 5) is 24.1. The number of thioether (sulfide) groups is 1. The lowest BCUT2D eigenvalue weighted by Gasteiger charge is -2.32. The van der Waals surface area contributed by atoms with Crippen LogP contribution in [0.3, 0.4) is 0 Å². The van der Waals surface area contributed by atoms with Crippen molar-refractivity contribution in [3.8, 4) is 6.07 Å². The summed E-state index contributed by atoms with van der Waals surface area (Å²) < 4.78 is 0.886. The second-order valence-electron chi connectivity index (χ2n) is 5.75. The Balaban J connectivity index is 2.07. The van der Waals surface area contributed by atoms with E-state index in [1.807, 2.05) is 0 Å². The zero-order valence-corrected chi connectivity index (χ0v) is 14.0. The largest absolute Gasteiger partial charge is 0.337 e. The minimum atomic E-state index is -0.786. The van der Waals surface area contributed by atoms with Crippen molar-refractivity contribution >= 4 is 17.7 Å². The van der Waals surface area contributed by atoms with Crippen molar-refractivity contribution in [3.63, 3.8) is 0 Å². The maximum Gasteiger partial charge on any atom is 0.294 e. The molecular formula is C14H20N6O2S. The minimum Gasteiger partial charge on any atom is -0.337 e. The summed E-state index contributed by atoms with van der Waals surface area (Å²) in [7, 11) is 0. The lowest BCUT2D eigenvalue weighted by Crippen LogP contribution is -2.51. The molecule has 0 spiro atoms. The fourth-order valence-electron chi connectivity index (χ4n) is 2.52. The summed E-state index contributed by atoms with van der Waals surface area (Å²) in [5, 5.41) is 19.5. The van der Waals surface area contributed by atoms with E-state index in [1.165, 1.54) is 6.92 Å². The first kappa shape index (κ1) is 17.3. The molecule has 1 atom stereocenters. The van der Waals surface area contributed by atoms with Crippen molar-refractivity contribution in [1.29, 1.82) is 5.26 Å². The maximum absolute atomic E-state index is 12.4. The van der Waals surface area contributed by atoms with E-state index in [0.717, 1.165) is 35.7 Å². The number of carbonyl (C=O) groups is 1. The van der Waals surface area contributed by atoms with Crippen LogP contribution in [0.25, 0.3) is 0 Å². The Bertz CT molecular complexity index is 689. The van der Waals surface area contributed by atoms with Gasteiger partial charge in [-0.2, -0.15) is 9.94 Å². The summed E-state index contributed by atoms with van der Waals surface area (Å²) >= 11 is 1.04. The number of hydrogen-bond acceptors (Lipinski definition) is 7. The van der Waals surface area contributed by atoms with Crippen molar-refractivity contribution in [1.82, 2.24) is 20.2 Å². The molecule has 0 aliphatic heterocycles. The third-order valence-electron chi connectivity index (χ3n) is 3.95. The Kier molecular flexibility index (Phi) is 5.26. The smallest absolute Gasteiger partial charge is 0.294 e. The van der Waals surface area contributed by atoms with E-state index in [9.17, 15) is 14.9 Å². The molecule has 1 fully saturated rings. The Labute approximate surface area is 138 Å². The summed E-state index contributed by atoms with van der Waals surface area (Å²) in [6, 6.07) is 2.25. The number of amides is 1. The summed E-state index contributed by atoms with van der Waals surface area (Å²) in [6.07, 6.45) is 4.28. The zero-order chi connectivity index (χ0) is 17.0. The van der Waals surface area contributed by atoms with E-state index < -0.39 is 16.3 Å². The molecule has 0 unspecified atom stereocenters. The molecule has 2 rings (SSSR count). The highest BCUT2D eigenvalue weighted by atomic mass is 32.2. The number of nitrogens with two attached hydrogens (primary N) is 1. The molecule has 0 bridgehead atoms. The molecule has 1 aromatic rings. The first-order chi connectivity index (χ1) is 10.9. The molecule has 0 aromatic carbocycles. The van der Waals surface area contributed by atoms with Crippen molar-refractivity contribution < 1.29 is 4.79 Å². The molecule has 1 saturated carbocycles. The maximum atomic E-state index is 12.4. The lowest BCUT2D eigenvalue weighted by molar-refractivity contribution is -0.121. The second kappa shape index (κ2) is 7.00. The van der Waals surface area contributed by atoms with Gasteiger partial charge in [0, 0.05) is 0 Å². The van der Waals surface area contributed by atoms with Crippen LogP contribution >= 0.6 is 11.8 Å². The number of hydrogen-bond donors (Lipinski definition) is 2. The van der Waals surface area contributed by atoms with E-state index in [-0.39, 0.29) is 16.8 Å². The van der Waals surface area contributed by atoms with Gasteiger partial charge in [-0.05, 0) is 26.7 Å². The average molecular weight is 336 g/mol. The van der Waals surface area contributed by atoms with Crippen molar-refractivity contribution in [2.24, 2.45) is 0 Å². The Morgan fingerprint density at radius 1 is 1.43 bits per heavy atom. The third kappa shape index (κ3) is 3.82. The second-order valence-corrected chi connectivity index (χ2v) is 7.05. The number of aryl methyl sites for hydroxylation is 1. The van der Waals surface area contributed by atoms with E-state index in [2.05, 4.69) is 21.6 Å². The van der Waals surface area contributed by atoms with Gasteiger partial charge in [-0.25, -0.2) is 0 Å². The molecule has 1 aliphatic carbocycles. The average Bonchev–Trinajstić information content (AvgIpc) is 2.56. The Morgan fingerprint density at radius 3 is 2.70 bits per heavy atom. The molecule has 1 amide bonds. The predicted octanol–water partition coefficient (Wildman–Crippen LogP) is 0.484. The number of nitriles is 1. The van der Waals surface area contributed by atoms with Gasteiger partial charge < -0.3 is 11.2 Å². The first-order valence-electron chi connectivity index (χ1n) is 7.50.